The Morgan fingerprint density at radius 1 is 1.50 bits per heavy atom. The van der Waals surface area contributed by atoms with Crippen molar-refractivity contribution < 1.29 is 15.0 Å². The number of rotatable bonds is 4. The van der Waals surface area contributed by atoms with Crippen molar-refractivity contribution in [2.24, 2.45) is 7.05 Å². The topological polar surface area (TPSA) is 75.3 Å². The lowest BCUT2D eigenvalue weighted by Crippen LogP contribution is -2.13. The number of carboxylic acids is 1. The SMILES string of the molecule is Cc1nc2cc(C(CCO)C(=O)O)ccc2n1C. The van der Waals surface area contributed by atoms with Gasteiger partial charge in [0.05, 0.1) is 17.0 Å². The molecule has 0 aliphatic heterocycles. The average Bonchev–Trinajstić information content (AvgIpc) is 2.61. The Bertz CT molecular complexity index is 589. The smallest absolute Gasteiger partial charge is 0.311 e. The van der Waals surface area contributed by atoms with Crippen molar-refractivity contribution in [3.05, 3.63) is 29.6 Å². The van der Waals surface area contributed by atoms with Crippen molar-refractivity contribution in [1.29, 1.82) is 0 Å². The molecule has 5 nitrogen and oxygen atoms in total. The van der Waals surface area contributed by atoms with E-state index >= 15 is 0 Å². The van der Waals surface area contributed by atoms with Crippen LogP contribution in [0, 0.1) is 6.92 Å². The van der Waals surface area contributed by atoms with Gasteiger partial charge in [0.25, 0.3) is 0 Å². The molecule has 1 atom stereocenters. The summed E-state index contributed by atoms with van der Waals surface area (Å²) in [5.74, 6) is -0.714. The lowest BCUT2D eigenvalue weighted by molar-refractivity contribution is -0.139. The zero-order valence-electron chi connectivity index (χ0n) is 10.4. The Morgan fingerprint density at radius 2 is 2.22 bits per heavy atom. The van der Waals surface area contributed by atoms with Gasteiger partial charge >= 0.3 is 5.97 Å². The second-order valence-electron chi connectivity index (χ2n) is 4.37. The van der Waals surface area contributed by atoms with Crippen LogP contribution in [0.3, 0.4) is 0 Å². The summed E-state index contributed by atoms with van der Waals surface area (Å²) in [5, 5.41) is 18.1. The first-order valence-electron chi connectivity index (χ1n) is 5.81. The highest BCUT2D eigenvalue weighted by atomic mass is 16.4. The fourth-order valence-corrected chi connectivity index (χ4v) is 2.12. The molecule has 0 saturated carbocycles. The molecule has 96 valence electrons. The van der Waals surface area contributed by atoms with Gasteiger partial charge in [0.1, 0.15) is 5.82 Å². The first-order valence-corrected chi connectivity index (χ1v) is 5.81. The van der Waals surface area contributed by atoms with Crippen molar-refractivity contribution in [1.82, 2.24) is 9.55 Å². The third-order valence-corrected chi connectivity index (χ3v) is 3.25. The van der Waals surface area contributed by atoms with Crippen LogP contribution in [-0.2, 0) is 11.8 Å². The maximum atomic E-state index is 11.2. The van der Waals surface area contributed by atoms with E-state index < -0.39 is 11.9 Å². The summed E-state index contributed by atoms with van der Waals surface area (Å²) in [6.45, 7) is 1.76. The average molecular weight is 248 g/mol. The Labute approximate surface area is 105 Å². The highest BCUT2D eigenvalue weighted by Gasteiger charge is 2.20. The van der Waals surface area contributed by atoms with Gasteiger partial charge < -0.3 is 14.8 Å². The Balaban J connectivity index is 2.48. The van der Waals surface area contributed by atoms with E-state index in [0.717, 1.165) is 16.9 Å². The fourth-order valence-electron chi connectivity index (χ4n) is 2.12. The summed E-state index contributed by atoms with van der Waals surface area (Å²) in [6, 6.07) is 5.45. The third kappa shape index (κ3) is 2.09. The molecule has 1 aromatic heterocycles. The van der Waals surface area contributed by atoms with E-state index in [-0.39, 0.29) is 13.0 Å². The van der Waals surface area contributed by atoms with E-state index in [2.05, 4.69) is 4.98 Å². The van der Waals surface area contributed by atoms with Gasteiger partial charge in [-0.2, -0.15) is 0 Å². The maximum absolute atomic E-state index is 11.2. The second kappa shape index (κ2) is 4.78. The van der Waals surface area contributed by atoms with Gasteiger partial charge in [-0.05, 0) is 31.0 Å². The van der Waals surface area contributed by atoms with Crippen molar-refractivity contribution in [2.75, 3.05) is 6.61 Å². The fraction of sp³-hybridized carbons (Fsp3) is 0.385. The van der Waals surface area contributed by atoms with Gasteiger partial charge in [-0.1, -0.05) is 6.07 Å². The number of aliphatic carboxylic acids is 1. The van der Waals surface area contributed by atoms with Gasteiger partial charge in [0.2, 0.25) is 0 Å². The molecule has 0 bridgehead atoms. The van der Waals surface area contributed by atoms with Crippen molar-refractivity contribution in [3.63, 3.8) is 0 Å². The lowest BCUT2D eigenvalue weighted by Gasteiger charge is -2.11. The molecule has 0 fully saturated rings. The zero-order chi connectivity index (χ0) is 13.3. The highest BCUT2D eigenvalue weighted by Crippen LogP contribution is 2.24. The van der Waals surface area contributed by atoms with Crippen LogP contribution in [0.2, 0.25) is 0 Å². The first kappa shape index (κ1) is 12.6. The summed E-state index contributed by atoms with van der Waals surface area (Å²) in [4.78, 5) is 15.5. The van der Waals surface area contributed by atoms with Crippen LogP contribution in [-0.4, -0.2) is 32.3 Å². The van der Waals surface area contributed by atoms with Crippen molar-refractivity contribution >= 4 is 17.0 Å². The predicted octanol–water partition coefficient (Wildman–Crippen LogP) is 1.43. The molecule has 0 aliphatic rings. The standard InChI is InChI=1S/C13H16N2O3/c1-8-14-11-7-9(3-4-12(11)15(8)2)10(5-6-16)13(17)18/h3-4,7,10,16H,5-6H2,1-2H3,(H,17,18). The minimum absolute atomic E-state index is 0.143. The molecule has 2 aromatic rings. The molecular weight excluding hydrogens is 232 g/mol. The molecular formula is C13H16N2O3. The van der Waals surface area contributed by atoms with Crippen LogP contribution in [0.4, 0.5) is 0 Å². The number of carboxylic acid groups (broad SMARTS) is 1. The molecule has 0 aliphatic carbocycles. The van der Waals surface area contributed by atoms with Gasteiger partial charge in [0.15, 0.2) is 0 Å². The number of fused-ring (bicyclic) bond motifs is 1. The first-order chi connectivity index (χ1) is 8.54. The van der Waals surface area contributed by atoms with Gasteiger partial charge in [-0.15, -0.1) is 0 Å². The molecule has 0 amide bonds. The number of hydrogen-bond donors (Lipinski definition) is 2. The Hall–Kier alpha value is -1.88. The minimum Gasteiger partial charge on any atom is -0.481 e. The van der Waals surface area contributed by atoms with Gasteiger partial charge in [-0.3, -0.25) is 4.79 Å². The van der Waals surface area contributed by atoms with E-state index in [9.17, 15) is 4.79 Å². The molecule has 1 heterocycles. The molecule has 1 aromatic carbocycles. The van der Waals surface area contributed by atoms with Crippen molar-refractivity contribution in [3.8, 4) is 0 Å². The van der Waals surface area contributed by atoms with E-state index in [0.29, 0.717) is 5.56 Å². The second-order valence-corrected chi connectivity index (χ2v) is 4.37. The number of carbonyl (C=O) groups is 1. The summed E-state index contributed by atoms with van der Waals surface area (Å²) in [5.41, 5.74) is 2.45. The number of aryl methyl sites for hydroxylation is 2. The third-order valence-electron chi connectivity index (χ3n) is 3.25. The molecule has 0 spiro atoms. The molecule has 1 unspecified atom stereocenters. The van der Waals surface area contributed by atoms with E-state index in [1.54, 1.807) is 12.1 Å². The lowest BCUT2D eigenvalue weighted by atomic mass is 9.96. The number of benzene rings is 1. The van der Waals surface area contributed by atoms with Crippen molar-refractivity contribution in [2.45, 2.75) is 19.3 Å². The number of imidazole rings is 1. The molecule has 0 saturated heterocycles. The molecule has 2 N–H and O–H groups in total. The van der Waals surface area contributed by atoms with Crippen LogP contribution in [0.15, 0.2) is 18.2 Å². The minimum atomic E-state index is -0.920. The molecule has 2 rings (SSSR count). The van der Waals surface area contributed by atoms with Crippen LogP contribution >= 0.6 is 0 Å². The number of aliphatic hydroxyl groups is 1. The van der Waals surface area contributed by atoms with E-state index in [1.807, 2.05) is 24.6 Å². The quantitative estimate of drug-likeness (QED) is 0.858. The summed E-state index contributed by atoms with van der Waals surface area (Å²) in [7, 11) is 1.92. The number of hydrogen-bond acceptors (Lipinski definition) is 3. The monoisotopic (exact) mass is 248 g/mol. The zero-order valence-corrected chi connectivity index (χ0v) is 10.4. The Morgan fingerprint density at radius 3 is 2.83 bits per heavy atom. The van der Waals surface area contributed by atoms with Crippen LogP contribution in [0.5, 0.6) is 0 Å². The number of aliphatic hydroxyl groups excluding tert-OH is 1. The highest BCUT2D eigenvalue weighted by molar-refractivity contribution is 5.81. The number of aromatic nitrogens is 2. The summed E-state index contributed by atoms with van der Waals surface area (Å²) >= 11 is 0. The number of nitrogens with zero attached hydrogens (tertiary/aromatic N) is 2. The normalized spacial score (nSPS) is 12.8. The van der Waals surface area contributed by atoms with Gasteiger partial charge in [0, 0.05) is 13.7 Å². The van der Waals surface area contributed by atoms with Crippen LogP contribution in [0.25, 0.3) is 11.0 Å². The molecule has 5 heteroatoms. The van der Waals surface area contributed by atoms with Crippen LogP contribution in [0.1, 0.15) is 23.7 Å². The molecule has 18 heavy (non-hydrogen) atoms. The van der Waals surface area contributed by atoms with E-state index in [1.165, 1.54) is 0 Å². The summed E-state index contributed by atoms with van der Waals surface area (Å²) < 4.78 is 1.96. The van der Waals surface area contributed by atoms with Gasteiger partial charge in [-0.25, -0.2) is 4.98 Å². The predicted molar refractivity (Wildman–Crippen MR) is 67.5 cm³/mol. The molecule has 0 radical (unpaired) electrons. The maximum Gasteiger partial charge on any atom is 0.311 e. The largest absolute Gasteiger partial charge is 0.481 e. The van der Waals surface area contributed by atoms with E-state index in [4.69, 9.17) is 10.2 Å². The summed E-state index contributed by atoms with van der Waals surface area (Å²) in [6.07, 6.45) is 0.215. The van der Waals surface area contributed by atoms with Crippen LogP contribution < -0.4 is 0 Å². The Kier molecular flexibility index (Phi) is 3.34.